The number of halogens is 3. The van der Waals surface area contributed by atoms with Crippen molar-refractivity contribution in [3.05, 3.63) is 59.2 Å². The van der Waals surface area contributed by atoms with Gasteiger partial charge in [0.25, 0.3) is 5.91 Å². The summed E-state index contributed by atoms with van der Waals surface area (Å²) in [5, 5.41) is 20.8. The van der Waals surface area contributed by atoms with Crippen LogP contribution >= 0.6 is 0 Å². The highest BCUT2D eigenvalue weighted by Crippen LogP contribution is 2.29. The molecule has 126 valence electrons. The highest BCUT2D eigenvalue weighted by Gasteiger charge is 2.30. The predicted molar refractivity (Wildman–Crippen MR) is 78.8 cm³/mol. The van der Waals surface area contributed by atoms with Crippen LogP contribution in [0.4, 0.5) is 18.9 Å². The number of phenols is 1. The molecular weight excluding hydrogens is 327 g/mol. The van der Waals surface area contributed by atoms with E-state index >= 15 is 0 Å². The summed E-state index contributed by atoms with van der Waals surface area (Å²) in [6, 6.07) is 7.46. The van der Waals surface area contributed by atoms with Crippen LogP contribution < -0.4 is 5.32 Å². The third-order valence-corrected chi connectivity index (χ3v) is 3.14. The molecule has 5 nitrogen and oxygen atoms in total. The van der Waals surface area contributed by atoms with Crippen LogP contribution in [0.5, 0.6) is 5.75 Å². The number of hydrogen-bond donors (Lipinski definition) is 3. The molecule has 0 heterocycles. The minimum Gasteiger partial charge on any atom is -0.506 e. The van der Waals surface area contributed by atoms with Gasteiger partial charge in [0.05, 0.1) is 17.7 Å². The van der Waals surface area contributed by atoms with E-state index in [1.54, 1.807) is 0 Å². The Morgan fingerprint density at radius 1 is 1.04 bits per heavy atom. The van der Waals surface area contributed by atoms with E-state index in [4.69, 9.17) is 5.11 Å². The SMILES string of the molecule is O=C(O)Cc1ccc(O)c(NC(=O)c2ccc(C(F)(F)F)cc2)c1. The number of nitrogens with one attached hydrogen (secondary N) is 1. The summed E-state index contributed by atoms with van der Waals surface area (Å²) in [5.41, 5.74) is -0.599. The molecule has 0 saturated heterocycles. The molecule has 0 aliphatic heterocycles. The Morgan fingerprint density at radius 3 is 2.21 bits per heavy atom. The summed E-state index contributed by atoms with van der Waals surface area (Å²) in [4.78, 5) is 22.7. The predicted octanol–water partition coefficient (Wildman–Crippen LogP) is 3.29. The van der Waals surface area contributed by atoms with Crippen LogP contribution in [-0.4, -0.2) is 22.1 Å². The molecule has 8 heteroatoms. The molecule has 0 aliphatic carbocycles. The van der Waals surface area contributed by atoms with Crippen molar-refractivity contribution < 1.29 is 33.0 Å². The molecule has 2 rings (SSSR count). The zero-order chi connectivity index (χ0) is 17.9. The molecule has 0 radical (unpaired) electrons. The first-order valence-electron chi connectivity index (χ1n) is 6.69. The summed E-state index contributed by atoms with van der Waals surface area (Å²) in [7, 11) is 0. The number of benzene rings is 2. The number of hydrogen-bond acceptors (Lipinski definition) is 3. The van der Waals surface area contributed by atoms with Crippen LogP contribution in [0.25, 0.3) is 0 Å². The maximum Gasteiger partial charge on any atom is 0.416 e. The van der Waals surface area contributed by atoms with Crippen molar-refractivity contribution in [3.8, 4) is 5.75 Å². The van der Waals surface area contributed by atoms with E-state index in [0.29, 0.717) is 5.56 Å². The van der Waals surface area contributed by atoms with Crippen molar-refractivity contribution in [1.29, 1.82) is 0 Å². The number of carboxylic acid groups (broad SMARTS) is 1. The van der Waals surface area contributed by atoms with Gasteiger partial charge in [0.1, 0.15) is 5.75 Å². The lowest BCUT2D eigenvalue weighted by atomic mass is 10.1. The Hall–Kier alpha value is -3.03. The van der Waals surface area contributed by atoms with Crippen LogP contribution in [0, 0.1) is 0 Å². The Kier molecular flexibility index (Phi) is 4.77. The largest absolute Gasteiger partial charge is 0.506 e. The molecule has 3 N–H and O–H groups in total. The molecule has 1 amide bonds. The molecule has 0 aliphatic rings. The van der Waals surface area contributed by atoms with Gasteiger partial charge < -0.3 is 15.5 Å². The number of carbonyl (C=O) groups excluding carboxylic acids is 1. The van der Waals surface area contributed by atoms with Crippen LogP contribution in [0.3, 0.4) is 0 Å². The smallest absolute Gasteiger partial charge is 0.416 e. The van der Waals surface area contributed by atoms with E-state index in [9.17, 15) is 27.9 Å². The fourth-order valence-electron chi connectivity index (χ4n) is 1.97. The normalized spacial score (nSPS) is 11.1. The number of anilines is 1. The fourth-order valence-corrected chi connectivity index (χ4v) is 1.97. The molecule has 0 spiro atoms. The summed E-state index contributed by atoms with van der Waals surface area (Å²) in [5.74, 6) is -2.10. The second-order valence-electron chi connectivity index (χ2n) is 4.95. The van der Waals surface area contributed by atoms with Crippen molar-refractivity contribution in [2.75, 3.05) is 5.32 Å². The van der Waals surface area contributed by atoms with Gasteiger partial charge in [-0.25, -0.2) is 0 Å². The van der Waals surface area contributed by atoms with Gasteiger partial charge in [-0.1, -0.05) is 6.07 Å². The second kappa shape index (κ2) is 6.61. The van der Waals surface area contributed by atoms with Gasteiger partial charge >= 0.3 is 12.1 Å². The average molecular weight is 339 g/mol. The van der Waals surface area contributed by atoms with Gasteiger partial charge in [-0.3, -0.25) is 9.59 Å². The highest BCUT2D eigenvalue weighted by atomic mass is 19.4. The first kappa shape index (κ1) is 17.3. The molecular formula is C16H12F3NO4. The monoisotopic (exact) mass is 339 g/mol. The van der Waals surface area contributed by atoms with E-state index in [-0.39, 0.29) is 23.4 Å². The van der Waals surface area contributed by atoms with Gasteiger partial charge in [-0.2, -0.15) is 13.2 Å². The highest BCUT2D eigenvalue weighted by molar-refractivity contribution is 6.05. The lowest BCUT2D eigenvalue weighted by molar-refractivity contribution is -0.138. The topological polar surface area (TPSA) is 86.6 Å². The Balaban J connectivity index is 2.18. The lowest BCUT2D eigenvalue weighted by Gasteiger charge is -2.10. The maximum atomic E-state index is 12.5. The van der Waals surface area contributed by atoms with Gasteiger partial charge in [0, 0.05) is 5.56 Å². The van der Waals surface area contributed by atoms with E-state index < -0.39 is 23.6 Å². The molecule has 0 unspecified atom stereocenters. The van der Waals surface area contributed by atoms with Crippen LogP contribution in [0.1, 0.15) is 21.5 Å². The third kappa shape index (κ3) is 4.25. The van der Waals surface area contributed by atoms with Crippen molar-refractivity contribution in [1.82, 2.24) is 0 Å². The van der Waals surface area contributed by atoms with Crippen molar-refractivity contribution >= 4 is 17.6 Å². The number of carbonyl (C=O) groups is 2. The van der Waals surface area contributed by atoms with Crippen LogP contribution in [-0.2, 0) is 17.4 Å². The van der Waals surface area contributed by atoms with E-state index in [0.717, 1.165) is 24.3 Å². The van der Waals surface area contributed by atoms with Crippen LogP contribution in [0.2, 0.25) is 0 Å². The number of rotatable bonds is 4. The van der Waals surface area contributed by atoms with Gasteiger partial charge in [-0.15, -0.1) is 0 Å². The van der Waals surface area contributed by atoms with E-state index in [1.807, 2.05) is 0 Å². The van der Waals surface area contributed by atoms with Crippen molar-refractivity contribution in [2.24, 2.45) is 0 Å². The number of amides is 1. The summed E-state index contributed by atoms with van der Waals surface area (Å²) in [6.07, 6.45) is -4.80. The Morgan fingerprint density at radius 2 is 1.67 bits per heavy atom. The Labute approximate surface area is 134 Å². The maximum absolute atomic E-state index is 12.5. The molecule has 0 saturated carbocycles. The van der Waals surface area contributed by atoms with E-state index in [1.165, 1.54) is 18.2 Å². The first-order valence-corrected chi connectivity index (χ1v) is 6.69. The first-order chi connectivity index (χ1) is 11.2. The number of phenolic OH excluding ortho intramolecular Hbond substituents is 1. The molecule has 0 fully saturated rings. The van der Waals surface area contributed by atoms with Gasteiger partial charge in [0.2, 0.25) is 0 Å². The third-order valence-electron chi connectivity index (χ3n) is 3.14. The van der Waals surface area contributed by atoms with Gasteiger partial charge in [-0.05, 0) is 42.0 Å². The number of aliphatic carboxylic acids is 1. The zero-order valence-electron chi connectivity index (χ0n) is 12.1. The summed E-state index contributed by atoms with van der Waals surface area (Å²) in [6.45, 7) is 0. The standard InChI is InChI=1S/C16H12F3NO4/c17-16(18,19)11-4-2-10(3-5-11)15(24)20-12-7-9(8-14(22)23)1-6-13(12)21/h1-7,21H,8H2,(H,20,24)(H,22,23). The molecule has 0 aromatic heterocycles. The molecule has 2 aromatic carbocycles. The van der Waals surface area contributed by atoms with Crippen molar-refractivity contribution in [2.45, 2.75) is 12.6 Å². The second-order valence-corrected chi connectivity index (χ2v) is 4.95. The number of carboxylic acids is 1. The fraction of sp³-hybridized carbons (Fsp3) is 0.125. The Bertz CT molecular complexity index is 770. The molecule has 2 aromatic rings. The summed E-state index contributed by atoms with van der Waals surface area (Å²) < 4.78 is 37.5. The van der Waals surface area contributed by atoms with Crippen LogP contribution in [0.15, 0.2) is 42.5 Å². The minimum absolute atomic E-state index is 0.0290. The molecule has 0 atom stereocenters. The average Bonchev–Trinajstić information content (AvgIpc) is 2.49. The molecule has 0 bridgehead atoms. The van der Waals surface area contributed by atoms with Gasteiger partial charge in [0.15, 0.2) is 0 Å². The number of aromatic hydroxyl groups is 1. The number of alkyl halides is 3. The summed E-state index contributed by atoms with van der Waals surface area (Å²) >= 11 is 0. The quantitative estimate of drug-likeness (QED) is 0.746. The minimum atomic E-state index is -4.50. The molecule has 24 heavy (non-hydrogen) atoms. The lowest BCUT2D eigenvalue weighted by Crippen LogP contribution is -2.13. The zero-order valence-corrected chi connectivity index (χ0v) is 12.1. The van der Waals surface area contributed by atoms with Crippen molar-refractivity contribution in [3.63, 3.8) is 0 Å². The van der Waals surface area contributed by atoms with E-state index in [2.05, 4.69) is 5.32 Å².